The second-order valence-electron chi connectivity index (χ2n) is 8.63. The molecule has 0 radical (unpaired) electrons. The van der Waals surface area contributed by atoms with E-state index in [0.717, 1.165) is 25.7 Å². The first-order valence-electron chi connectivity index (χ1n) is 11.6. The number of benzene rings is 2. The number of thiophene rings is 1. The zero-order chi connectivity index (χ0) is 22.9. The number of nitrogens with zero attached hydrogens (tertiary/aromatic N) is 2. The number of hydrogen-bond acceptors (Lipinski definition) is 1. The van der Waals surface area contributed by atoms with Gasteiger partial charge >= 0.3 is 0 Å². The van der Waals surface area contributed by atoms with Crippen LogP contribution in [0.25, 0.3) is 42.9 Å². The van der Waals surface area contributed by atoms with Crippen LogP contribution >= 0.6 is 11.3 Å². The molecule has 33 heavy (non-hydrogen) atoms. The van der Waals surface area contributed by atoms with Crippen molar-refractivity contribution in [2.75, 3.05) is 0 Å². The molecule has 2 aromatic carbocycles. The first-order chi connectivity index (χ1) is 16.2. The molecule has 0 atom stereocenters. The lowest BCUT2D eigenvalue weighted by molar-refractivity contribution is 0.951. The Morgan fingerprint density at radius 1 is 0.667 bits per heavy atom. The lowest BCUT2D eigenvalue weighted by Crippen LogP contribution is -1.93. The Kier molecular flexibility index (Phi) is 5.82. The van der Waals surface area contributed by atoms with Gasteiger partial charge in [0.15, 0.2) is 0 Å². The zero-order valence-electron chi connectivity index (χ0n) is 19.5. The first-order valence-corrected chi connectivity index (χ1v) is 12.4. The molecule has 166 valence electrons. The number of para-hydroxylation sites is 2. The van der Waals surface area contributed by atoms with Gasteiger partial charge in [-0.15, -0.1) is 24.5 Å². The smallest absolute Gasteiger partial charge is 0.0623 e. The molecule has 3 aromatic heterocycles. The van der Waals surface area contributed by atoms with Gasteiger partial charge in [0.25, 0.3) is 0 Å². The van der Waals surface area contributed by atoms with Gasteiger partial charge in [0.05, 0.1) is 21.1 Å². The second kappa shape index (κ2) is 8.92. The predicted octanol–water partition coefficient (Wildman–Crippen LogP) is 8.30. The summed E-state index contributed by atoms with van der Waals surface area (Å²) in [4.78, 5) is 2.64. The van der Waals surface area contributed by atoms with E-state index in [1.807, 2.05) is 23.5 Å². The summed E-state index contributed by atoms with van der Waals surface area (Å²) in [5.41, 5.74) is 8.09. The third kappa shape index (κ3) is 3.57. The predicted molar refractivity (Wildman–Crippen MR) is 145 cm³/mol. The average molecular weight is 451 g/mol. The number of hydrogen-bond donors (Lipinski definition) is 0. The highest BCUT2D eigenvalue weighted by molar-refractivity contribution is 7.18. The highest BCUT2D eigenvalue weighted by Gasteiger charge is 2.21. The molecular formula is C30H30N2S. The molecular weight excluding hydrogens is 420 g/mol. The van der Waals surface area contributed by atoms with E-state index in [2.05, 4.69) is 97.1 Å². The number of allylic oxidation sites excluding steroid dienone is 2. The van der Waals surface area contributed by atoms with Crippen LogP contribution in [-0.2, 0) is 26.9 Å². The number of aryl methyl sites for hydroxylation is 4. The van der Waals surface area contributed by atoms with Crippen molar-refractivity contribution in [3.63, 3.8) is 0 Å². The van der Waals surface area contributed by atoms with Crippen molar-refractivity contribution < 1.29 is 0 Å². The molecule has 0 fully saturated rings. The minimum Gasteiger partial charge on any atom is -0.343 e. The lowest BCUT2D eigenvalue weighted by Gasteiger charge is -2.07. The summed E-state index contributed by atoms with van der Waals surface area (Å²) in [5.74, 6) is 0. The minimum atomic E-state index is 0.980. The Hall–Kier alpha value is -3.30. The minimum absolute atomic E-state index is 0.980. The van der Waals surface area contributed by atoms with Crippen LogP contribution in [-0.4, -0.2) is 9.13 Å². The van der Waals surface area contributed by atoms with Gasteiger partial charge in [0, 0.05) is 35.9 Å². The van der Waals surface area contributed by atoms with Crippen molar-refractivity contribution in [1.29, 1.82) is 0 Å². The van der Waals surface area contributed by atoms with Crippen LogP contribution in [0.2, 0.25) is 0 Å². The van der Waals surface area contributed by atoms with E-state index in [4.69, 9.17) is 0 Å². The summed E-state index contributed by atoms with van der Waals surface area (Å²) in [5, 5.41) is 2.70. The van der Waals surface area contributed by atoms with Crippen molar-refractivity contribution in [2.45, 2.75) is 25.7 Å². The molecule has 0 aliphatic rings. The summed E-state index contributed by atoms with van der Waals surface area (Å²) in [6.45, 7) is 7.92. The first kappa shape index (κ1) is 21.5. The largest absolute Gasteiger partial charge is 0.343 e. The standard InChI is InChI=1S/C30H30N2S/c1-5-7-13-23-21-15-9-11-17-25(21)31(3)29(23)27-19-20-28(33-27)30-24(14-8-6-2)22-16-10-12-18-26(22)32(30)4/h5-6,9-12,15-20H,1-2,7-8,13-14H2,3-4H3. The van der Waals surface area contributed by atoms with Crippen LogP contribution in [0.3, 0.4) is 0 Å². The lowest BCUT2D eigenvalue weighted by atomic mass is 10.0. The SMILES string of the molecule is C=CCCc1c(-c2ccc(-c3c(CCC=C)c4ccccc4n3C)s2)n(C)c2ccccc12. The molecule has 2 nitrogen and oxygen atoms in total. The normalized spacial score (nSPS) is 11.5. The van der Waals surface area contributed by atoms with Gasteiger partial charge < -0.3 is 9.13 Å². The van der Waals surface area contributed by atoms with Crippen LogP contribution in [0.1, 0.15) is 24.0 Å². The molecule has 0 N–H and O–H groups in total. The fourth-order valence-electron chi connectivity index (χ4n) is 5.16. The Labute approximate surface area is 200 Å². The molecule has 5 rings (SSSR count). The molecule has 0 saturated carbocycles. The van der Waals surface area contributed by atoms with E-state index in [1.165, 1.54) is 54.1 Å². The molecule has 0 unspecified atom stereocenters. The molecule has 0 bridgehead atoms. The van der Waals surface area contributed by atoms with Crippen LogP contribution in [0.15, 0.2) is 86.0 Å². The van der Waals surface area contributed by atoms with Crippen LogP contribution in [0.4, 0.5) is 0 Å². The molecule has 0 saturated heterocycles. The van der Waals surface area contributed by atoms with Crippen LogP contribution < -0.4 is 0 Å². The molecule has 5 aromatic rings. The molecule has 0 aliphatic heterocycles. The second-order valence-corrected chi connectivity index (χ2v) is 9.71. The highest BCUT2D eigenvalue weighted by Crippen LogP contribution is 2.43. The van der Waals surface area contributed by atoms with Crippen molar-refractivity contribution in [1.82, 2.24) is 9.13 Å². The van der Waals surface area contributed by atoms with E-state index >= 15 is 0 Å². The molecule has 3 heterocycles. The zero-order valence-corrected chi connectivity index (χ0v) is 20.3. The van der Waals surface area contributed by atoms with Gasteiger partial charge in [0.2, 0.25) is 0 Å². The van der Waals surface area contributed by atoms with Gasteiger partial charge in [-0.1, -0.05) is 48.6 Å². The fraction of sp³-hybridized carbons (Fsp3) is 0.200. The van der Waals surface area contributed by atoms with Gasteiger partial charge in [-0.3, -0.25) is 0 Å². The monoisotopic (exact) mass is 450 g/mol. The summed E-state index contributed by atoms with van der Waals surface area (Å²) >= 11 is 1.90. The van der Waals surface area contributed by atoms with Gasteiger partial charge in [-0.25, -0.2) is 0 Å². The van der Waals surface area contributed by atoms with Gasteiger partial charge in [-0.2, -0.15) is 0 Å². The van der Waals surface area contributed by atoms with E-state index in [0.29, 0.717) is 0 Å². The third-order valence-electron chi connectivity index (χ3n) is 6.69. The van der Waals surface area contributed by atoms with Crippen LogP contribution in [0.5, 0.6) is 0 Å². The van der Waals surface area contributed by atoms with Crippen molar-refractivity contribution >= 4 is 33.1 Å². The van der Waals surface area contributed by atoms with Crippen LogP contribution in [0, 0.1) is 0 Å². The summed E-state index contributed by atoms with van der Waals surface area (Å²) in [6.07, 6.45) is 8.01. The number of rotatable bonds is 8. The fourth-order valence-corrected chi connectivity index (χ4v) is 6.39. The summed E-state index contributed by atoms with van der Waals surface area (Å²) < 4.78 is 4.73. The third-order valence-corrected chi connectivity index (χ3v) is 7.79. The Bertz CT molecular complexity index is 1360. The Balaban J connectivity index is 1.69. The molecule has 0 spiro atoms. The quantitative estimate of drug-likeness (QED) is 0.210. The highest BCUT2D eigenvalue weighted by atomic mass is 32.1. The van der Waals surface area contributed by atoms with Crippen molar-refractivity contribution in [3.8, 4) is 21.1 Å². The summed E-state index contributed by atoms with van der Waals surface area (Å²) in [6, 6.07) is 22.1. The maximum atomic E-state index is 3.96. The maximum Gasteiger partial charge on any atom is 0.0623 e. The van der Waals surface area contributed by atoms with Crippen molar-refractivity contribution in [3.05, 3.63) is 97.1 Å². The van der Waals surface area contributed by atoms with Gasteiger partial charge in [-0.05, 0) is 61.1 Å². The number of fused-ring (bicyclic) bond motifs is 2. The molecule has 0 aliphatic carbocycles. The van der Waals surface area contributed by atoms with Gasteiger partial charge in [0.1, 0.15) is 0 Å². The Morgan fingerprint density at radius 3 is 1.52 bits per heavy atom. The Morgan fingerprint density at radius 2 is 1.09 bits per heavy atom. The number of aromatic nitrogens is 2. The van der Waals surface area contributed by atoms with E-state index < -0.39 is 0 Å². The topological polar surface area (TPSA) is 9.86 Å². The summed E-state index contributed by atoms with van der Waals surface area (Å²) in [7, 11) is 4.39. The average Bonchev–Trinajstić information content (AvgIpc) is 3.50. The molecule has 3 heteroatoms. The maximum absolute atomic E-state index is 3.96. The van der Waals surface area contributed by atoms with E-state index in [-0.39, 0.29) is 0 Å². The van der Waals surface area contributed by atoms with E-state index in [1.54, 1.807) is 0 Å². The van der Waals surface area contributed by atoms with Crippen molar-refractivity contribution in [2.24, 2.45) is 14.1 Å². The molecule has 0 amide bonds. The van der Waals surface area contributed by atoms with E-state index in [9.17, 15) is 0 Å².